The third kappa shape index (κ3) is 4.68. The smallest absolute Gasteiger partial charge is 0.227 e. The molecule has 0 atom stereocenters. The number of rotatable bonds is 6. The molecule has 1 amide bonds. The van der Waals surface area contributed by atoms with Crippen molar-refractivity contribution in [3.8, 4) is 5.75 Å². The number of carbonyl (C=O) groups is 1. The maximum absolute atomic E-state index is 12.3. The number of hydrogen-bond acceptors (Lipinski definition) is 4. The molecule has 128 valence electrons. The van der Waals surface area contributed by atoms with Crippen molar-refractivity contribution in [2.75, 3.05) is 38.5 Å². The second kappa shape index (κ2) is 7.79. The monoisotopic (exact) mass is 340 g/mol. The zero-order valence-corrected chi connectivity index (χ0v) is 14.5. The van der Waals surface area contributed by atoms with Gasteiger partial charge in [-0.2, -0.15) is 4.31 Å². The van der Waals surface area contributed by atoms with Gasteiger partial charge in [0.25, 0.3) is 0 Å². The predicted molar refractivity (Wildman–Crippen MR) is 88.9 cm³/mol. The standard InChI is InChI=1S/C16H24N2O4S/c1-3-22-15-7-5-14(6-8-15)13-16(19)17-9-11-18(12-10-17)23(20,21)4-2/h5-8H,3-4,9-13H2,1-2H3. The van der Waals surface area contributed by atoms with Crippen LogP contribution in [0.2, 0.25) is 0 Å². The molecule has 0 radical (unpaired) electrons. The number of ether oxygens (including phenoxy) is 1. The van der Waals surface area contributed by atoms with Crippen LogP contribution in [0.4, 0.5) is 0 Å². The van der Waals surface area contributed by atoms with E-state index in [0.29, 0.717) is 39.2 Å². The Morgan fingerprint density at radius 3 is 2.22 bits per heavy atom. The van der Waals surface area contributed by atoms with E-state index in [4.69, 9.17) is 4.74 Å². The molecule has 0 aliphatic carbocycles. The molecular formula is C16H24N2O4S. The molecule has 1 aromatic carbocycles. The molecule has 0 saturated carbocycles. The van der Waals surface area contributed by atoms with Gasteiger partial charge in [-0.25, -0.2) is 8.42 Å². The van der Waals surface area contributed by atoms with Gasteiger partial charge in [0, 0.05) is 26.2 Å². The minimum atomic E-state index is -3.16. The second-order valence-electron chi connectivity index (χ2n) is 5.43. The highest BCUT2D eigenvalue weighted by Gasteiger charge is 2.27. The van der Waals surface area contributed by atoms with E-state index in [0.717, 1.165) is 11.3 Å². The van der Waals surface area contributed by atoms with E-state index in [-0.39, 0.29) is 11.7 Å². The number of nitrogens with zero attached hydrogens (tertiary/aromatic N) is 2. The van der Waals surface area contributed by atoms with Gasteiger partial charge in [0.1, 0.15) is 5.75 Å². The molecule has 0 unspecified atom stereocenters. The van der Waals surface area contributed by atoms with Crippen LogP contribution in [0.5, 0.6) is 5.75 Å². The fraction of sp³-hybridized carbons (Fsp3) is 0.562. The summed E-state index contributed by atoms with van der Waals surface area (Å²) in [5, 5.41) is 0. The number of piperazine rings is 1. The summed E-state index contributed by atoms with van der Waals surface area (Å²) in [6.07, 6.45) is 0.326. The lowest BCUT2D eigenvalue weighted by Crippen LogP contribution is -2.51. The van der Waals surface area contributed by atoms with Gasteiger partial charge in [-0.05, 0) is 31.5 Å². The normalized spacial score (nSPS) is 16.3. The molecule has 0 spiro atoms. The van der Waals surface area contributed by atoms with E-state index >= 15 is 0 Å². The molecule has 0 bridgehead atoms. The van der Waals surface area contributed by atoms with Crippen LogP contribution in [-0.2, 0) is 21.2 Å². The van der Waals surface area contributed by atoms with E-state index in [1.54, 1.807) is 11.8 Å². The third-order valence-electron chi connectivity index (χ3n) is 3.94. The Kier molecular flexibility index (Phi) is 6.01. The fourth-order valence-corrected chi connectivity index (χ4v) is 3.64. The molecule has 1 aliphatic heterocycles. The number of hydrogen-bond donors (Lipinski definition) is 0. The first-order chi connectivity index (χ1) is 11.0. The van der Waals surface area contributed by atoms with Crippen LogP contribution < -0.4 is 4.74 Å². The minimum Gasteiger partial charge on any atom is -0.494 e. The molecule has 6 nitrogen and oxygen atoms in total. The van der Waals surface area contributed by atoms with Crippen molar-refractivity contribution in [1.29, 1.82) is 0 Å². The zero-order valence-electron chi connectivity index (χ0n) is 13.7. The summed E-state index contributed by atoms with van der Waals surface area (Å²) in [6.45, 7) is 5.85. The van der Waals surface area contributed by atoms with Crippen LogP contribution in [0.3, 0.4) is 0 Å². The molecule has 0 N–H and O–H groups in total. The Bertz CT molecular complexity index is 620. The van der Waals surface area contributed by atoms with Crippen molar-refractivity contribution in [1.82, 2.24) is 9.21 Å². The third-order valence-corrected chi connectivity index (χ3v) is 5.82. The Morgan fingerprint density at radius 2 is 1.70 bits per heavy atom. The van der Waals surface area contributed by atoms with Gasteiger partial charge < -0.3 is 9.64 Å². The van der Waals surface area contributed by atoms with Gasteiger partial charge in [0.2, 0.25) is 15.9 Å². The van der Waals surface area contributed by atoms with Gasteiger partial charge in [-0.3, -0.25) is 4.79 Å². The Hall–Kier alpha value is -1.60. The van der Waals surface area contributed by atoms with Crippen molar-refractivity contribution in [2.24, 2.45) is 0 Å². The van der Waals surface area contributed by atoms with Crippen LogP contribution in [0, 0.1) is 0 Å². The number of benzene rings is 1. The summed E-state index contributed by atoms with van der Waals surface area (Å²) in [5.74, 6) is 0.928. The lowest BCUT2D eigenvalue weighted by atomic mass is 10.1. The molecule has 1 heterocycles. The molecule has 1 aromatic rings. The highest BCUT2D eigenvalue weighted by molar-refractivity contribution is 7.89. The molecule has 23 heavy (non-hydrogen) atoms. The van der Waals surface area contributed by atoms with Gasteiger partial charge in [-0.15, -0.1) is 0 Å². The number of carbonyl (C=O) groups excluding carboxylic acids is 1. The fourth-order valence-electron chi connectivity index (χ4n) is 2.55. The molecule has 7 heteroatoms. The van der Waals surface area contributed by atoms with Crippen molar-refractivity contribution < 1.29 is 17.9 Å². The van der Waals surface area contributed by atoms with E-state index in [2.05, 4.69) is 0 Å². The van der Waals surface area contributed by atoms with Crippen LogP contribution >= 0.6 is 0 Å². The topological polar surface area (TPSA) is 66.9 Å². The van der Waals surface area contributed by atoms with Crippen LogP contribution in [-0.4, -0.2) is 62.1 Å². The maximum atomic E-state index is 12.3. The molecule has 1 aliphatic rings. The van der Waals surface area contributed by atoms with Gasteiger partial charge in [0.15, 0.2) is 0 Å². The quantitative estimate of drug-likeness (QED) is 0.778. The average molecular weight is 340 g/mol. The maximum Gasteiger partial charge on any atom is 0.227 e. The Morgan fingerprint density at radius 1 is 1.09 bits per heavy atom. The summed E-state index contributed by atoms with van der Waals surface area (Å²) < 4.78 is 30.5. The highest BCUT2D eigenvalue weighted by atomic mass is 32.2. The largest absolute Gasteiger partial charge is 0.494 e. The second-order valence-corrected chi connectivity index (χ2v) is 7.69. The first-order valence-electron chi connectivity index (χ1n) is 7.93. The Labute approximate surface area is 138 Å². The molecular weight excluding hydrogens is 316 g/mol. The SMILES string of the molecule is CCOc1ccc(CC(=O)N2CCN(S(=O)(=O)CC)CC2)cc1. The summed E-state index contributed by atoms with van der Waals surface area (Å²) in [5.41, 5.74) is 0.932. The lowest BCUT2D eigenvalue weighted by molar-refractivity contribution is -0.131. The number of sulfonamides is 1. The molecule has 0 aromatic heterocycles. The van der Waals surface area contributed by atoms with Gasteiger partial charge in [0.05, 0.1) is 18.8 Å². The van der Waals surface area contributed by atoms with Crippen molar-refractivity contribution in [2.45, 2.75) is 20.3 Å². The van der Waals surface area contributed by atoms with Crippen molar-refractivity contribution >= 4 is 15.9 Å². The Balaban J connectivity index is 1.88. The van der Waals surface area contributed by atoms with Crippen LogP contribution in [0.1, 0.15) is 19.4 Å². The molecule has 1 saturated heterocycles. The van der Waals surface area contributed by atoms with Crippen LogP contribution in [0.15, 0.2) is 24.3 Å². The summed E-state index contributed by atoms with van der Waals surface area (Å²) in [7, 11) is -3.16. The van der Waals surface area contributed by atoms with E-state index in [1.165, 1.54) is 4.31 Å². The summed E-state index contributed by atoms with van der Waals surface area (Å²) >= 11 is 0. The first kappa shape index (κ1) is 17.7. The highest BCUT2D eigenvalue weighted by Crippen LogP contribution is 2.14. The zero-order chi connectivity index (χ0) is 16.9. The average Bonchev–Trinajstić information content (AvgIpc) is 2.57. The van der Waals surface area contributed by atoms with E-state index < -0.39 is 10.0 Å². The predicted octanol–water partition coefficient (Wildman–Crippen LogP) is 1.12. The number of amides is 1. The summed E-state index contributed by atoms with van der Waals surface area (Å²) in [4.78, 5) is 14.1. The first-order valence-corrected chi connectivity index (χ1v) is 9.54. The van der Waals surface area contributed by atoms with Crippen molar-refractivity contribution in [3.63, 3.8) is 0 Å². The summed E-state index contributed by atoms with van der Waals surface area (Å²) in [6, 6.07) is 7.50. The molecule has 1 fully saturated rings. The lowest BCUT2D eigenvalue weighted by Gasteiger charge is -2.33. The van der Waals surface area contributed by atoms with E-state index in [9.17, 15) is 13.2 Å². The van der Waals surface area contributed by atoms with Crippen molar-refractivity contribution in [3.05, 3.63) is 29.8 Å². The van der Waals surface area contributed by atoms with Crippen LogP contribution in [0.25, 0.3) is 0 Å². The molecule has 2 rings (SSSR count). The minimum absolute atomic E-state index is 0.0303. The van der Waals surface area contributed by atoms with E-state index in [1.807, 2.05) is 31.2 Å². The van der Waals surface area contributed by atoms with Gasteiger partial charge >= 0.3 is 0 Å². The van der Waals surface area contributed by atoms with Gasteiger partial charge in [-0.1, -0.05) is 12.1 Å².